The van der Waals surface area contributed by atoms with Crippen LogP contribution in [0.25, 0.3) is 0 Å². The Bertz CT molecular complexity index is 196. The van der Waals surface area contributed by atoms with Crippen molar-refractivity contribution in [2.75, 3.05) is 0 Å². The van der Waals surface area contributed by atoms with E-state index in [0.29, 0.717) is 12.8 Å². The van der Waals surface area contributed by atoms with Gasteiger partial charge in [-0.15, -0.1) is 0 Å². The monoisotopic (exact) mass is 188 g/mol. The smallest absolute Gasteiger partial charge is 0.303 e. The van der Waals surface area contributed by atoms with Gasteiger partial charge < -0.3 is 10.2 Å². The summed E-state index contributed by atoms with van der Waals surface area (Å²) in [4.78, 5) is 20.6. The van der Waals surface area contributed by atoms with Crippen molar-refractivity contribution in [3.05, 3.63) is 0 Å². The van der Waals surface area contributed by atoms with Gasteiger partial charge in [0.2, 0.25) is 0 Å². The molecule has 4 nitrogen and oxygen atoms in total. The molecule has 0 bridgehead atoms. The third-order valence-electron chi connectivity index (χ3n) is 1.87. The summed E-state index contributed by atoms with van der Waals surface area (Å²) >= 11 is 0. The van der Waals surface area contributed by atoms with Gasteiger partial charge in [0.05, 0.1) is 6.42 Å². The van der Waals surface area contributed by atoms with E-state index in [-0.39, 0.29) is 18.3 Å². The van der Waals surface area contributed by atoms with Crippen LogP contribution in [0.5, 0.6) is 0 Å². The Kier molecular flexibility index (Phi) is 4.45. The minimum atomic E-state index is -0.833. The van der Waals surface area contributed by atoms with Gasteiger partial charge in [0.25, 0.3) is 0 Å². The fourth-order valence-corrected chi connectivity index (χ4v) is 1.22. The van der Waals surface area contributed by atoms with E-state index in [0.717, 1.165) is 0 Å². The molecule has 0 aliphatic carbocycles. The molecule has 0 aliphatic heterocycles. The number of hydrogen-bond donors (Lipinski definition) is 2. The van der Waals surface area contributed by atoms with Gasteiger partial charge in [-0.25, -0.2) is 0 Å². The van der Waals surface area contributed by atoms with Gasteiger partial charge >= 0.3 is 11.9 Å². The topological polar surface area (TPSA) is 74.6 Å². The molecule has 0 aromatic carbocycles. The summed E-state index contributed by atoms with van der Waals surface area (Å²) in [5.74, 6) is -1.66. The summed E-state index contributed by atoms with van der Waals surface area (Å²) in [5.41, 5.74) is -0.304. The Morgan fingerprint density at radius 3 is 2.08 bits per heavy atom. The summed E-state index contributed by atoms with van der Waals surface area (Å²) < 4.78 is 0. The Balaban J connectivity index is 3.75. The van der Waals surface area contributed by atoms with E-state index in [1.54, 1.807) is 0 Å². The van der Waals surface area contributed by atoms with Crippen LogP contribution >= 0.6 is 0 Å². The summed E-state index contributed by atoms with van der Waals surface area (Å²) in [6.07, 6.45) is 1.37. The number of rotatable bonds is 6. The Morgan fingerprint density at radius 2 is 1.69 bits per heavy atom. The summed E-state index contributed by atoms with van der Waals surface area (Å²) in [6.45, 7) is 3.67. The summed E-state index contributed by atoms with van der Waals surface area (Å²) in [5, 5.41) is 16.9. The van der Waals surface area contributed by atoms with Crippen LogP contribution in [-0.4, -0.2) is 22.2 Å². The van der Waals surface area contributed by atoms with Gasteiger partial charge in [-0.2, -0.15) is 0 Å². The number of aliphatic carboxylic acids is 2. The maximum Gasteiger partial charge on any atom is 0.303 e. The Labute approximate surface area is 77.6 Å². The summed E-state index contributed by atoms with van der Waals surface area (Å²) in [6, 6.07) is 0. The van der Waals surface area contributed by atoms with Crippen molar-refractivity contribution < 1.29 is 19.8 Å². The molecule has 0 saturated carbocycles. The fraction of sp³-hybridized carbons (Fsp3) is 0.778. The quantitative estimate of drug-likeness (QED) is 0.665. The van der Waals surface area contributed by atoms with Gasteiger partial charge in [0.15, 0.2) is 0 Å². The molecule has 0 aromatic rings. The zero-order valence-corrected chi connectivity index (χ0v) is 8.04. The molecule has 0 fully saturated rings. The fourth-order valence-electron chi connectivity index (χ4n) is 1.22. The molecule has 0 atom stereocenters. The third kappa shape index (κ3) is 7.31. The van der Waals surface area contributed by atoms with Crippen LogP contribution < -0.4 is 0 Å². The Morgan fingerprint density at radius 1 is 1.15 bits per heavy atom. The van der Waals surface area contributed by atoms with E-state index in [9.17, 15) is 9.59 Å². The lowest BCUT2D eigenvalue weighted by Gasteiger charge is -2.21. The molecule has 0 aliphatic rings. The van der Waals surface area contributed by atoms with E-state index in [1.165, 1.54) is 0 Å². The highest BCUT2D eigenvalue weighted by molar-refractivity contribution is 5.67. The zero-order chi connectivity index (χ0) is 10.5. The minimum absolute atomic E-state index is 0.0899. The molecule has 0 unspecified atom stereocenters. The molecule has 0 spiro atoms. The lowest BCUT2D eigenvalue weighted by molar-refractivity contribution is -0.139. The zero-order valence-electron chi connectivity index (χ0n) is 8.04. The van der Waals surface area contributed by atoms with Crippen molar-refractivity contribution in [2.45, 2.75) is 39.5 Å². The van der Waals surface area contributed by atoms with Gasteiger partial charge in [-0.3, -0.25) is 9.59 Å². The molecular formula is C9H16O4. The van der Waals surface area contributed by atoms with Crippen LogP contribution in [-0.2, 0) is 9.59 Å². The minimum Gasteiger partial charge on any atom is -0.481 e. The maximum atomic E-state index is 10.4. The number of carboxylic acid groups (broad SMARTS) is 2. The van der Waals surface area contributed by atoms with Crippen LogP contribution in [0.15, 0.2) is 0 Å². The van der Waals surface area contributed by atoms with Crippen molar-refractivity contribution in [3.63, 3.8) is 0 Å². The molecule has 76 valence electrons. The van der Waals surface area contributed by atoms with Gasteiger partial charge in [-0.1, -0.05) is 13.8 Å². The Hall–Kier alpha value is -1.06. The largest absolute Gasteiger partial charge is 0.481 e. The standard InChI is InChI=1S/C9H16O4/c1-9(2,6-8(12)13)5-3-4-7(10)11/h3-6H2,1-2H3,(H,10,11)(H,12,13). The molecule has 0 amide bonds. The molecular weight excluding hydrogens is 172 g/mol. The predicted molar refractivity (Wildman–Crippen MR) is 47.5 cm³/mol. The van der Waals surface area contributed by atoms with Crippen molar-refractivity contribution in [1.29, 1.82) is 0 Å². The van der Waals surface area contributed by atoms with Gasteiger partial charge in [0, 0.05) is 6.42 Å². The van der Waals surface area contributed by atoms with E-state index in [1.807, 2.05) is 13.8 Å². The van der Waals surface area contributed by atoms with E-state index in [4.69, 9.17) is 10.2 Å². The summed E-state index contributed by atoms with van der Waals surface area (Å²) in [7, 11) is 0. The van der Waals surface area contributed by atoms with Crippen molar-refractivity contribution in [2.24, 2.45) is 5.41 Å². The van der Waals surface area contributed by atoms with Crippen LogP contribution in [0.3, 0.4) is 0 Å². The van der Waals surface area contributed by atoms with E-state index < -0.39 is 11.9 Å². The second-order valence-electron chi connectivity index (χ2n) is 3.98. The SMILES string of the molecule is CC(C)(CCCC(=O)O)CC(=O)O. The van der Waals surface area contributed by atoms with Crippen LogP contribution in [0.1, 0.15) is 39.5 Å². The number of carbonyl (C=O) groups is 2. The van der Waals surface area contributed by atoms with Crippen LogP contribution in [0, 0.1) is 5.41 Å². The van der Waals surface area contributed by atoms with Gasteiger partial charge in [-0.05, 0) is 18.3 Å². The van der Waals surface area contributed by atoms with Crippen molar-refractivity contribution in [3.8, 4) is 0 Å². The maximum absolute atomic E-state index is 10.4. The molecule has 0 radical (unpaired) electrons. The van der Waals surface area contributed by atoms with Crippen molar-refractivity contribution in [1.82, 2.24) is 0 Å². The highest BCUT2D eigenvalue weighted by Crippen LogP contribution is 2.27. The highest BCUT2D eigenvalue weighted by atomic mass is 16.4. The normalized spacial score (nSPS) is 11.2. The number of carboxylic acids is 2. The van der Waals surface area contributed by atoms with E-state index in [2.05, 4.69) is 0 Å². The highest BCUT2D eigenvalue weighted by Gasteiger charge is 2.21. The predicted octanol–water partition coefficient (Wildman–Crippen LogP) is 1.74. The lowest BCUT2D eigenvalue weighted by atomic mass is 9.84. The average molecular weight is 188 g/mol. The molecule has 2 N–H and O–H groups in total. The third-order valence-corrected chi connectivity index (χ3v) is 1.87. The first-order valence-electron chi connectivity index (χ1n) is 4.27. The first-order chi connectivity index (χ1) is 5.83. The lowest BCUT2D eigenvalue weighted by Crippen LogP contribution is -2.17. The molecule has 0 heterocycles. The number of hydrogen-bond acceptors (Lipinski definition) is 2. The molecule has 4 heteroatoms. The van der Waals surface area contributed by atoms with Crippen LogP contribution in [0.2, 0.25) is 0 Å². The second-order valence-corrected chi connectivity index (χ2v) is 3.98. The first kappa shape index (κ1) is 11.9. The molecule has 0 saturated heterocycles. The molecule has 0 rings (SSSR count). The average Bonchev–Trinajstić information content (AvgIpc) is 1.81. The van der Waals surface area contributed by atoms with Crippen molar-refractivity contribution >= 4 is 11.9 Å². The second kappa shape index (κ2) is 4.84. The molecule has 13 heavy (non-hydrogen) atoms. The van der Waals surface area contributed by atoms with Gasteiger partial charge in [0.1, 0.15) is 0 Å². The van der Waals surface area contributed by atoms with E-state index >= 15 is 0 Å². The van der Waals surface area contributed by atoms with Crippen LogP contribution in [0.4, 0.5) is 0 Å². The first-order valence-corrected chi connectivity index (χ1v) is 4.27. The molecule has 0 aromatic heterocycles.